The second-order valence-electron chi connectivity index (χ2n) is 8.91. The van der Waals surface area contributed by atoms with Crippen molar-refractivity contribution in [2.75, 3.05) is 33.0 Å². The first-order chi connectivity index (χ1) is 16.9. The van der Waals surface area contributed by atoms with Gasteiger partial charge in [0.25, 0.3) is 0 Å². The Morgan fingerprint density at radius 1 is 0.829 bits per heavy atom. The molecule has 0 aromatic heterocycles. The number of hydrogen-bond donors (Lipinski definition) is 2. The van der Waals surface area contributed by atoms with E-state index in [4.69, 9.17) is 24.3 Å². The van der Waals surface area contributed by atoms with Gasteiger partial charge in [-0.15, -0.1) is 0 Å². The summed E-state index contributed by atoms with van der Waals surface area (Å²) in [6, 6.07) is 0. The molecule has 208 valence electrons. The summed E-state index contributed by atoms with van der Waals surface area (Å²) in [5.41, 5.74) is 5.28. The molecule has 0 amide bonds. The van der Waals surface area contributed by atoms with Gasteiger partial charge in [-0.25, -0.2) is 4.57 Å². The molecule has 2 unspecified atom stereocenters. The number of carbonyl (C=O) groups is 1. The number of nitrogens with two attached hydrogens (primary N) is 1. The van der Waals surface area contributed by atoms with Crippen molar-refractivity contribution in [3.05, 3.63) is 12.2 Å². The van der Waals surface area contributed by atoms with Crippen LogP contribution in [0.5, 0.6) is 0 Å². The van der Waals surface area contributed by atoms with E-state index in [-0.39, 0.29) is 32.3 Å². The molecular formula is C26H52NO7P. The molecule has 0 fully saturated rings. The van der Waals surface area contributed by atoms with Crippen LogP contribution in [-0.4, -0.2) is 49.9 Å². The first-order valence-electron chi connectivity index (χ1n) is 13.7. The Morgan fingerprint density at radius 2 is 1.43 bits per heavy atom. The van der Waals surface area contributed by atoms with Gasteiger partial charge in [0.15, 0.2) is 0 Å². The number of carbonyl (C=O) groups excluding carboxylic acids is 1. The van der Waals surface area contributed by atoms with Gasteiger partial charge in [-0.2, -0.15) is 0 Å². The Kier molecular flexibility index (Phi) is 24.4. The molecule has 0 aliphatic carbocycles. The second kappa shape index (κ2) is 24.9. The highest BCUT2D eigenvalue weighted by atomic mass is 31.2. The van der Waals surface area contributed by atoms with Crippen LogP contribution >= 0.6 is 7.82 Å². The third-order valence-corrected chi connectivity index (χ3v) is 6.42. The van der Waals surface area contributed by atoms with Crippen LogP contribution in [0.1, 0.15) is 110 Å². The van der Waals surface area contributed by atoms with Gasteiger partial charge in [0.05, 0.1) is 19.8 Å². The van der Waals surface area contributed by atoms with Crippen LogP contribution in [0.25, 0.3) is 0 Å². The molecule has 0 aliphatic heterocycles. The first kappa shape index (κ1) is 34.2. The van der Waals surface area contributed by atoms with E-state index in [0.29, 0.717) is 13.0 Å². The summed E-state index contributed by atoms with van der Waals surface area (Å²) in [5.74, 6) is -0.359. The molecule has 9 heteroatoms. The van der Waals surface area contributed by atoms with Gasteiger partial charge in [0.1, 0.15) is 6.10 Å². The van der Waals surface area contributed by atoms with Crippen molar-refractivity contribution in [1.29, 1.82) is 0 Å². The van der Waals surface area contributed by atoms with Crippen LogP contribution < -0.4 is 5.73 Å². The van der Waals surface area contributed by atoms with Crippen LogP contribution in [0.4, 0.5) is 0 Å². The minimum Gasteiger partial charge on any atom is -0.457 e. The molecule has 0 saturated carbocycles. The minimum atomic E-state index is -4.24. The van der Waals surface area contributed by atoms with E-state index in [2.05, 4.69) is 26.0 Å². The SMILES string of the molecule is CCCCC/C=C\CCCCCCCCOCC(COP(=O)(O)OCCN)OC(=O)CCCCC. The van der Waals surface area contributed by atoms with Crippen LogP contribution in [0.15, 0.2) is 12.2 Å². The maximum absolute atomic E-state index is 12.1. The molecule has 8 nitrogen and oxygen atoms in total. The topological polar surface area (TPSA) is 117 Å². The van der Waals surface area contributed by atoms with E-state index in [1.54, 1.807) is 0 Å². The highest BCUT2D eigenvalue weighted by Gasteiger charge is 2.25. The summed E-state index contributed by atoms with van der Waals surface area (Å²) in [6.45, 7) is 4.68. The number of phosphoric acid groups is 1. The summed E-state index contributed by atoms with van der Waals surface area (Å²) >= 11 is 0. The van der Waals surface area contributed by atoms with E-state index in [1.807, 2.05) is 0 Å². The molecule has 35 heavy (non-hydrogen) atoms. The largest absolute Gasteiger partial charge is 0.472 e. The lowest BCUT2D eigenvalue weighted by molar-refractivity contribution is -0.154. The lowest BCUT2D eigenvalue weighted by atomic mass is 10.1. The fraction of sp³-hybridized carbons (Fsp3) is 0.885. The van der Waals surface area contributed by atoms with Crippen LogP contribution in [0.2, 0.25) is 0 Å². The van der Waals surface area contributed by atoms with Crippen molar-refractivity contribution in [3.8, 4) is 0 Å². The Bertz CT molecular complexity index is 560. The third kappa shape index (κ3) is 24.7. The molecule has 0 aromatic rings. The van der Waals surface area contributed by atoms with Gasteiger partial charge in [-0.05, 0) is 38.5 Å². The Labute approximate surface area is 213 Å². The predicted octanol–water partition coefficient (Wildman–Crippen LogP) is 6.45. The highest BCUT2D eigenvalue weighted by molar-refractivity contribution is 7.47. The van der Waals surface area contributed by atoms with Gasteiger partial charge < -0.3 is 20.1 Å². The normalized spacial score (nSPS) is 14.3. The number of allylic oxidation sites excluding steroid dienone is 2. The number of rotatable bonds is 26. The van der Waals surface area contributed by atoms with Gasteiger partial charge in [0.2, 0.25) is 0 Å². The molecule has 0 rings (SSSR count). The number of ether oxygens (including phenoxy) is 2. The number of esters is 1. The zero-order chi connectivity index (χ0) is 26.0. The molecule has 3 N–H and O–H groups in total. The molecule has 0 spiro atoms. The van der Waals surface area contributed by atoms with Crippen molar-refractivity contribution >= 4 is 13.8 Å². The van der Waals surface area contributed by atoms with E-state index < -0.39 is 13.9 Å². The fourth-order valence-electron chi connectivity index (χ4n) is 3.40. The van der Waals surface area contributed by atoms with Gasteiger partial charge in [0, 0.05) is 19.6 Å². The monoisotopic (exact) mass is 521 g/mol. The van der Waals surface area contributed by atoms with Crippen molar-refractivity contribution in [1.82, 2.24) is 0 Å². The third-order valence-electron chi connectivity index (χ3n) is 5.43. The summed E-state index contributed by atoms with van der Waals surface area (Å²) < 4.78 is 32.6. The zero-order valence-corrected chi connectivity index (χ0v) is 23.2. The molecule has 0 bridgehead atoms. The van der Waals surface area contributed by atoms with E-state index in [1.165, 1.54) is 57.8 Å². The quantitative estimate of drug-likeness (QED) is 0.0577. The van der Waals surface area contributed by atoms with Crippen molar-refractivity contribution in [2.45, 2.75) is 116 Å². The second-order valence-corrected chi connectivity index (χ2v) is 10.4. The average Bonchev–Trinajstić information content (AvgIpc) is 2.83. The molecule has 0 saturated heterocycles. The van der Waals surface area contributed by atoms with Crippen molar-refractivity contribution in [3.63, 3.8) is 0 Å². The lowest BCUT2D eigenvalue weighted by Gasteiger charge is -2.20. The predicted molar refractivity (Wildman–Crippen MR) is 141 cm³/mol. The van der Waals surface area contributed by atoms with Gasteiger partial charge in [-0.3, -0.25) is 13.8 Å². The van der Waals surface area contributed by atoms with Crippen molar-refractivity contribution in [2.24, 2.45) is 5.73 Å². The fourth-order valence-corrected chi connectivity index (χ4v) is 4.16. The molecule has 0 aliphatic rings. The van der Waals surface area contributed by atoms with Crippen LogP contribution in [0, 0.1) is 0 Å². The zero-order valence-electron chi connectivity index (χ0n) is 22.3. The minimum absolute atomic E-state index is 0.0957. The maximum Gasteiger partial charge on any atom is 0.472 e. The lowest BCUT2D eigenvalue weighted by Crippen LogP contribution is -2.28. The standard InChI is InChI=1S/C26H52NO7P/c1-3-5-7-8-9-10-11-12-13-14-15-16-18-21-31-23-25(34-26(28)19-17-6-4-2)24-33-35(29,30)32-22-20-27/h9-10,25H,3-8,11-24,27H2,1-2H3,(H,29,30)/b10-9-. The average molecular weight is 522 g/mol. The number of phosphoric ester groups is 1. The summed E-state index contributed by atoms with van der Waals surface area (Å²) in [5, 5.41) is 0. The van der Waals surface area contributed by atoms with E-state index in [0.717, 1.165) is 32.1 Å². The van der Waals surface area contributed by atoms with Crippen LogP contribution in [-0.2, 0) is 27.9 Å². The van der Waals surface area contributed by atoms with Gasteiger partial charge in [-0.1, -0.05) is 77.4 Å². The molecule has 0 heterocycles. The van der Waals surface area contributed by atoms with E-state index in [9.17, 15) is 14.3 Å². The molecule has 2 atom stereocenters. The Balaban J connectivity index is 4.02. The molecule has 0 aromatic carbocycles. The first-order valence-corrected chi connectivity index (χ1v) is 15.2. The van der Waals surface area contributed by atoms with E-state index >= 15 is 0 Å². The number of hydrogen-bond acceptors (Lipinski definition) is 7. The smallest absolute Gasteiger partial charge is 0.457 e. The van der Waals surface area contributed by atoms with Crippen molar-refractivity contribution < 1.29 is 32.8 Å². The Hall–Kier alpha value is -0.760. The Morgan fingerprint density at radius 3 is 2.09 bits per heavy atom. The highest BCUT2D eigenvalue weighted by Crippen LogP contribution is 2.43. The maximum atomic E-state index is 12.1. The molecular weight excluding hydrogens is 469 g/mol. The van der Waals surface area contributed by atoms with Gasteiger partial charge >= 0.3 is 13.8 Å². The number of unbranched alkanes of at least 4 members (excludes halogenated alkanes) is 11. The summed E-state index contributed by atoms with van der Waals surface area (Å²) in [6.07, 6.45) is 20.1. The van der Waals surface area contributed by atoms with Crippen LogP contribution in [0.3, 0.4) is 0 Å². The summed E-state index contributed by atoms with van der Waals surface area (Å²) in [7, 11) is -4.24. The summed E-state index contributed by atoms with van der Waals surface area (Å²) in [4.78, 5) is 21.7. The molecule has 0 radical (unpaired) electrons.